The van der Waals surface area contributed by atoms with Crippen molar-refractivity contribution in [1.82, 2.24) is 4.57 Å². The third kappa shape index (κ3) is 2.34. The van der Waals surface area contributed by atoms with E-state index in [0.29, 0.717) is 12.0 Å². The Labute approximate surface area is 100 Å². The Morgan fingerprint density at radius 1 is 1.39 bits per heavy atom. The summed E-state index contributed by atoms with van der Waals surface area (Å²) in [5.74, 6) is 0.649. The zero-order valence-electron chi connectivity index (χ0n) is 9.11. The van der Waals surface area contributed by atoms with Gasteiger partial charge in [-0.25, -0.2) is 0 Å². The van der Waals surface area contributed by atoms with E-state index in [0.717, 1.165) is 12.3 Å². The Morgan fingerprint density at radius 3 is 2.78 bits per heavy atom. The second-order valence-corrected chi connectivity index (χ2v) is 3.55. The first-order valence-corrected chi connectivity index (χ1v) is 4.98. The van der Waals surface area contributed by atoms with E-state index in [-0.39, 0.29) is 12.3 Å². The molecule has 0 aromatic carbocycles. The number of nitro groups is 1. The molecule has 2 aromatic rings. The van der Waals surface area contributed by atoms with E-state index < -0.39 is 16.0 Å². The first kappa shape index (κ1) is 11.8. The number of hydrogen-bond donors (Lipinski definition) is 0. The van der Waals surface area contributed by atoms with E-state index in [1.807, 2.05) is 0 Å². The van der Waals surface area contributed by atoms with Crippen molar-refractivity contribution in [2.45, 2.75) is 6.54 Å². The molecule has 7 nitrogen and oxygen atoms in total. The average molecular weight is 248 g/mol. The number of rotatable bonds is 4. The van der Waals surface area contributed by atoms with Crippen molar-refractivity contribution < 1.29 is 14.1 Å². The third-order valence-corrected chi connectivity index (χ3v) is 2.29. The van der Waals surface area contributed by atoms with Gasteiger partial charge in [-0.05, 0) is 12.1 Å². The minimum Gasteiger partial charge on any atom is -0.456 e. The fourth-order valence-electron chi connectivity index (χ4n) is 1.47. The Balaban J connectivity index is 2.29. The molecule has 0 unspecified atom stereocenters. The molecule has 0 saturated heterocycles. The van der Waals surface area contributed by atoms with E-state index in [2.05, 4.69) is 0 Å². The lowest BCUT2D eigenvalue weighted by Crippen LogP contribution is -2.11. The van der Waals surface area contributed by atoms with Crippen molar-refractivity contribution in [1.29, 1.82) is 0 Å². The van der Waals surface area contributed by atoms with Gasteiger partial charge in [-0.15, -0.1) is 0 Å². The number of nitrogens with zero attached hydrogens (tertiary/aromatic N) is 2. The fourth-order valence-corrected chi connectivity index (χ4v) is 1.47. The van der Waals surface area contributed by atoms with Crippen molar-refractivity contribution in [3.8, 4) is 0 Å². The average Bonchev–Trinajstić information content (AvgIpc) is 2.79. The van der Waals surface area contributed by atoms with Crippen molar-refractivity contribution >= 4 is 12.0 Å². The quantitative estimate of drug-likeness (QED) is 0.460. The summed E-state index contributed by atoms with van der Waals surface area (Å²) < 4.78 is 6.57. The van der Waals surface area contributed by atoms with Crippen LogP contribution in [0, 0.1) is 10.1 Å². The molecule has 92 valence electrons. The Bertz CT molecular complexity index is 655. The monoisotopic (exact) mass is 248 g/mol. The highest BCUT2D eigenvalue weighted by Gasteiger charge is 2.12. The van der Waals surface area contributed by atoms with Crippen molar-refractivity contribution in [2.75, 3.05) is 0 Å². The highest BCUT2D eigenvalue weighted by Crippen LogP contribution is 2.09. The standard InChI is InChI=1S/C11H8N2O5/c14-7-9-2-1-8(18-9)5-12-4-3-11(15)10(6-12)13(16)17/h1-4,6-7H,5H2. The van der Waals surface area contributed by atoms with Gasteiger partial charge in [0.05, 0.1) is 17.7 Å². The minimum atomic E-state index is -0.738. The normalized spacial score (nSPS) is 10.2. The number of aromatic nitrogens is 1. The summed E-state index contributed by atoms with van der Waals surface area (Å²) in [4.78, 5) is 31.5. The molecule has 0 aliphatic rings. The van der Waals surface area contributed by atoms with E-state index in [1.54, 1.807) is 6.07 Å². The molecule has 2 aromatic heterocycles. The number of furan rings is 1. The van der Waals surface area contributed by atoms with E-state index in [9.17, 15) is 19.7 Å². The second-order valence-electron chi connectivity index (χ2n) is 3.55. The van der Waals surface area contributed by atoms with Crippen LogP contribution in [0.5, 0.6) is 0 Å². The Morgan fingerprint density at radius 2 is 2.17 bits per heavy atom. The molecule has 0 aliphatic carbocycles. The molecule has 0 N–H and O–H groups in total. The van der Waals surface area contributed by atoms with Gasteiger partial charge in [-0.3, -0.25) is 19.7 Å². The van der Waals surface area contributed by atoms with Crippen LogP contribution in [0.4, 0.5) is 5.69 Å². The summed E-state index contributed by atoms with van der Waals surface area (Å²) in [5, 5.41) is 10.6. The maximum absolute atomic E-state index is 11.2. The van der Waals surface area contributed by atoms with Crippen LogP contribution >= 0.6 is 0 Å². The first-order chi connectivity index (χ1) is 8.60. The summed E-state index contributed by atoms with van der Waals surface area (Å²) >= 11 is 0. The molecule has 0 bridgehead atoms. The van der Waals surface area contributed by atoms with Gasteiger partial charge >= 0.3 is 5.69 Å². The molecule has 0 saturated carbocycles. The number of aldehydes is 1. The van der Waals surface area contributed by atoms with E-state index in [4.69, 9.17) is 4.42 Å². The van der Waals surface area contributed by atoms with Crippen molar-refractivity contribution in [2.24, 2.45) is 0 Å². The summed E-state index contributed by atoms with van der Waals surface area (Å²) in [6, 6.07) is 4.20. The van der Waals surface area contributed by atoms with Crippen LogP contribution in [0.25, 0.3) is 0 Å². The van der Waals surface area contributed by atoms with E-state index in [1.165, 1.54) is 16.8 Å². The minimum absolute atomic E-state index is 0.181. The second kappa shape index (κ2) is 4.66. The largest absolute Gasteiger partial charge is 0.456 e. The number of hydrogen-bond acceptors (Lipinski definition) is 5. The molecule has 0 atom stereocenters. The molecule has 7 heteroatoms. The molecule has 0 radical (unpaired) electrons. The predicted molar refractivity (Wildman–Crippen MR) is 60.6 cm³/mol. The van der Waals surface area contributed by atoms with Gasteiger partial charge in [0.15, 0.2) is 12.0 Å². The van der Waals surface area contributed by atoms with Crippen LogP contribution in [0.2, 0.25) is 0 Å². The summed E-state index contributed by atoms with van der Waals surface area (Å²) in [6.45, 7) is 0.203. The van der Waals surface area contributed by atoms with Crippen molar-refractivity contribution in [3.63, 3.8) is 0 Å². The van der Waals surface area contributed by atoms with Gasteiger partial charge in [0.1, 0.15) is 5.76 Å². The lowest BCUT2D eigenvalue weighted by Gasteiger charge is -2.02. The highest BCUT2D eigenvalue weighted by atomic mass is 16.6. The SMILES string of the molecule is O=Cc1ccc(Cn2ccc(=O)c([N+](=O)[O-])c2)o1. The predicted octanol–water partition coefficient (Wildman–Crippen LogP) is 1.21. The van der Waals surface area contributed by atoms with Gasteiger partial charge in [-0.1, -0.05) is 0 Å². The summed E-state index contributed by atoms with van der Waals surface area (Å²) in [5.41, 5.74) is -1.15. The molecule has 0 amide bonds. The van der Waals surface area contributed by atoms with Crippen molar-refractivity contribution in [3.05, 3.63) is 62.5 Å². The van der Waals surface area contributed by atoms with Crippen LogP contribution in [-0.2, 0) is 6.54 Å². The third-order valence-electron chi connectivity index (χ3n) is 2.29. The van der Waals surface area contributed by atoms with Crippen LogP contribution in [0.1, 0.15) is 16.3 Å². The number of carbonyl (C=O) groups excluding carboxylic acids is 1. The van der Waals surface area contributed by atoms with Gasteiger partial charge < -0.3 is 8.98 Å². The van der Waals surface area contributed by atoms with E-state index >= 15 is 0 Å². The van der Waals surface area contributed by atoms with Crippen LogP contribution in [-0.4, -0.2) is 15.8 Å². The molecule has 18 heavy (non-hydrogen) atoms. The fraction of sp³-hybridized carbons (Fsp3) is 0.0909. The molecule has 0 fully saturated rings. The molecular weight excluding hydrogens is 240 g/mol. The molecule has 0 spiro atoms. The molecule has 2 heterocycles. The molecule has 0 aliphatic heterocycles. The number of pyridine rings is 1. The maximum Gasteiger partial charge on any atom is 0.332 e. The topological polar surface area (TPSA) is 95.3 Å². The molecule has 2 rings (SSSR count). The Kier molecular flexibility index (Phi) is 3.05. The number of carbonyl (C=O) groups is 1. The summed E-state index contributed by atoms with van der Waals surface area (Å²) in [7, 11) is 0. The Hall–Kier alpha value is -2.70. The van der Waals surface area contributed by atoms with Crippen LogP contribution < -0.4 is 5.43 Å². The summed E-state index contributed by atoms with van der Waals surface area (Å²) in [6.07, 6.45) is 3.11. The first-order valence-electron chi connectivity index (χ1n) is 4.98. The zero-order chi connectivity index (χ0) is 13.1. The van der Waals surface area contributed by atoms with Gasteiger partial charge in [-0.2, -0.15) is 0 Å². The lowest BCUT2D eigenvalue weighted by atomic mass is 10.3. The lowest BCUT2D eigenvalue weighted by molar-refractivity contribution is -0.386. The van der Waals surface area contributed by atoms with Gasteiger partial charge in [0.2, 0.25) is 0 Å². The van der Waals surface area contributed by atoms with Gasteiger partial charge in [0, 0.05) is 12.3 Å². The molecular formula is C11H8N2O5. The van der Waals surface area contributed by atoms with Crippen LogP contribution in [0.3, 0.4) is 0 Å². The zero-order valence-corrected chi connectivity index (χ0v) is 9.11. The smallest absolute Gasteiger partial charge is 0.332 e. The van der Waals surface area contributed by atoms with Crippen LogP contribution in [0.15, 0.2) is 39.8 Å². The highest BCUT2D eigenvalue weighted by molar-refractivity contribution is 5.70. The maximum atomic E-state index is 11.2. The van der Waals surface area contributed by atoms with Gasteiger partial charge in [0.25, 0.3) is 5.43 Å².